The Morgan fingerprint density at radius 1 is 1.28 bits per heavy atom. The van der Waals surface area contributed by atoms with E-state index in [1.54, 1.807) is 15.9 Å². The number of nitrogens with one attached hydrogen (secondary N) is 1. The van der Waals surface area contributed by atoms with Gasteiger partial charge in [0, 0.05) is 39.3 Å². The minimum absolute atomic E-state index is 0.000495. The number of anilines is 1. The Kier molecular flexibility index (Phi) is 5.48. The van der Waals surface area contributed by atoms with E-state index < -0.39 is 23.3 Å². The number of rotatable bonds is 2. The van der Waals surface area contributed by atoms with Gasteiger partial charge in [0.1, 0.15) is 6.04 Å². The Morgan fingerprint density at radius 2 is 1.93 bits per heavy atom. The van der Waals surface area contributed by atoms with Gasteiger partial charge in [-0.3, -0.25) is 9.59 Å². The first-order chi connectivity index (χ1) is 13.6. The third-order valence-corrected chi connectivity index (χ3v) is 6.09. The van der Waals surface area contributed by atoms with Crippen molar-refractivity contribution < 1.29 is 22.8 Å². The van der Waals surface area contributed by atoms with Crippen LogP contribution in [0.4, 0.5) is 18.9 Å². The molecule has 2 aliphatic rings. The van der Waals surface area contributed by atoms with Gasteiger partial charge in [-0.1, -0.05) is 0 Å². The molecule has 1 N–H and O–H groups in total. The molecule has 1 aromatic rings. The summed E-state index contributed by atoms with van der Waals surface area (Å²) < 4.78 is 40.2. The van der Waals surface area contributed by atoms with Crippen LogP contribution in [0.25, 0.3) is 0 Å². The number of benzene rings is 1. The molecule has 1 atom stereocenters. The number of halogens is 3. The second-order valence-electron chi connectivity index (χ2n) is 7.81. The Morgan fingerprint density at radius 3 is 2.45 bits per heavy atom. The van der Waals surface area contributed by atoms with Gasteiger partial charge in [-0.05, 0) is 42.9 Å². The SMILES string of the molecule is CNC(=O)C1CC2(CCN(C(C)=O)CC2)CN1c1ccc(C#N)c(C(F)(F)F)c1. The predicted octanol–water partition coefficient (Wildman–Crippen LogP) is 2.53. The third-order valence-electron chi connectivity index (χ3n) is 6.09. The first-order valence-corrected chi connectivity index (χ1v) is 9.45. The topological polar surface area (TPSA) is 76.4 Å². The maximum absolute atomic E-state index is 13.4. The van der Waals surface area contributed by atoms with Crippen molar-refractivity contribution in [2.75, 3.05) is 31.6 Å². The fourth-order valence-electron chi connectivity index (χ4n) is 4.43. The molecule has 2 aliphatic heterocycles. The van der Waals surface area contributed by atoms with Crippen LogP contribution in [-0.4, -0.2) is 49.4 Å². The van der Waals surface area contributed by atoms with E-state index in [1.165, 1.54) is 20.0 Å². The fourth-order valence-corrected chi connectivity index (χ4v) is 4.43. The van der Waals surface area contributed by atoms with Gasteiger partial charge in [0.05, 0.1) is 17.2 Å². The molecule has 2 fully saturated rings. The van der Waals surface area contributed by atoms with Crippen molar-refractivity contribution in [3.8, 4) is 6.07 Å². The number of piperidine rings is 1. The predicted molar refractivity (Wildman–Crippen MR) is 99.9 cm³/mol. The molecular weight excluding hydrogens is 385 g/mol. The lowest BCUT2D eigenvalue weighted by Gasteiger charge is -2.39. The van der Waals surface area contributed by atoms with Gasteiger partial charge < -0.3 is 15.1 Å². The number of nitriles is 1. The van der Waals surface area contributed by atoms with Gasteiger partial charge in [-0.2, -0.15) is 18.4 Å². The molecule has 2 heterocycles. The van der Waals surface area contributed by atoms with E-state index >= 15 is 0 Å². The summed E-state index contributed by atoms with van der Waals surface area (Å²) >= 11 is 0. The number of alkyl halides is 3. The molecule has 2 saturated heterocycles. The molecule has 6 nitrogen and oxygen atoms in total. The number of nitrogens with zero attached hydrogens (tertiary/aromatic N) is 3. The summed E-state index contributed by atoms with van der Waals surface area (Å²) in [7, 11) is 1.50. The van der Waals surface area contributed by atoms with Crippen LogP contribution in [0.5, 0.6) is 0 Å². The summed E-state index contributed by atoms with van der Waals surface area (Å²) in [5.41, 5.74) is -1.41. The summed E-state index contributed by atoms with van der Waals surface area (Å²) in [6, 6.07) is 4.56. The molecule has 0 saturated carbocycles. The lowest BCUT2D eigenvalue weighted by atomic mass is 9.76. The van der Waals surface area contributed by atoms with Crippen LogP contribution in [0, 0.1) is 16.7 Å². The third kappa shape index (κ3) is 4.02. The van der Waals surface area contributed by atoms with Crippen LogP contribution in [0.1, 0.15) is 37.3 Å². The van der Waals surface area contributed by atoms with Crippen molar-refractivity contribution in [2.45, 2.75) is 38.4 Å². The first kappa shape index (κ1) is 21.0. The van der Waals surface area contributed by atoms with E-state index in [1.807, 2.05) is 0 Å². The quantitative estimate of drug-likeness (QED) is 0.816. The molecule has 1 aromatic carbocycles. The van der Waals surface area contributed by atoms with Crippen LogP contribution in [0.3, 0.4) is 0 Å². The van der Waals surface area contributed by atoms with Gasteiger partial charge in [0.25, 0.3) is 0 Å². The number of carbonyl (C=O) groups excluding carboxylic acids is 2. The molecule has 29 heavy (non-hydrogen) atoms. The van der Waals surface area contributed by atoms with Gasteiger partial charge in [0.2, 0.25) is 11.8 Å². The molecule has 1 spiro atoms. The standard InChI is InChI=1S/C20H23F3N4O2/c1-13(28)26-7-5-19(6-8-26)10-17(18(29)25-2)27(12-19)15-4-3-14(11-24)16(9-15)20(21,22)23/h3-4,9,17H,5-8,10,12H2,1-2H3,(H,25,29). The van der Waals surface area contributed by atoms with Crippen molar-refractivity contribution in [3.63, 3.8) is 0 Å². The minimum atomic E-state index is -4.66. The normalized spacial score (nSPS) is 21.2. The number of likely N-dealkylation sites (N-methyl/N-ethyl adjacent to an activating group) is 1. The van der Waals surface area contributed by atoms with Crippen LogP contribution >= 0.6 is 0 Å². The van der Waals surface area contributed by atoms with E-state index in [0.29, 0.717) is 38.9 Å². The summed E-state index contributed by atoms with van der Waals surface area (Å²) in [4.78, 5) is 27.6. The monoisotopic (exact) mass is 408 g/mol. The van der Waals surface area contributed by atoms with E-state index in [4.69, 9.17) is 5.26 Å². The van der Waals surface area contributed by atoms with E-state index in [2.05, 4.69) is 5.32 Å². The maximum atomic E-state index is 13.4. The summed E-state index contributed by atoms with van der Waals surface area (Å²) in [6.07, 6.45) is -2.76. The maximum Gasteiger partial charge on any atom is 0.417 e. The molecule has 0 bridgehead atoms. The molecule has 0 radical (unpaired) electrons. The average molecular weight is 408 g/mol. The second kappa shape index (κ2) is 7.58. The second-order valence-corrected chi connectivity index (χ2v) is 7.81. The van der Waals surface area contributed by atoms with Crippen LogP contribution in [0.2, 0.25) is 0 Å². The fraction of sp³-hybridized carbons (Fsp3) is 0.550. The highest BCUT2D eigenvalue weighted by atomic mass is 19.4. The highest BCUT2D eigenvalue weighted by Gasteiger charge is 2.48. The molecule has 3 rings (SSSR count). The zero-order valence-corrected chi connectivity index (χ0v) is 16.3. The van der Waals surface area contributed by atoms with Crippen molar-refractivity contribution >= 4 is 17.5 Å². The largest absolute Gasteiger partial charge is 0.417 e. The molecule has 0 aromatic heterocycles. The Balaban J connectivity index is 1.94. The highest BCUT2D eigenvalue weighted by Crippen LogP contribution is 2.46. The molecule has 9 heteroatoms. The highest BCUT2D eigenvalue weighted by molar-refractivity contribution is 5.86. The zero-order valence-electron chi connectivity index (χ0n) is 16.3. The lowest BCUT2D eigenvalue weighted by Crippen LogP contribution is -2.43. The number of hydrogen-bond donors (Lipinski definition) is 1. The molecule has 2 amide bonds. The lowest BCUT2D eigenvalue weighted by molar-refractivity contribution is -0.137. The Labute approximate surface area is 167 Å². The molecule has 1 unspecified atom stereocenters. The van der Waals surface area contributed by atoms with E-state index in [9.17, 15) is 22.8 Å². The number of hydrogen-bond acceptors (Lipinski definition) is 4. The molecule has 0 aliphatic carbocycles. The number of amides is 2. The summed E-state index contributed by atoms with van der Waals surface area (Å²) in [5.74, 6) is -0.256. The van der Waals surface area contributed by atoms with E-state index in [0.717, 1.165) is 12.1 Å². The van der Waals surface area contributed by atoms with Crippen LogP contribution < -0.4 is 10.2 Å². The van der Waals surface area contributed by atoms with Crippen molar-refractivity contribution in [3.05, 3.63) is 29.3 Å². The zero-order chi connectivity index (χ0) is 21.4. The Hall–Kier alpha value is -2.76. The average Bonchev–Trinajstić information content (AvgIpc) is 3.05. The van der Waals surface area contributed by atoms with Crippen LogP contribution in [0.15, 0.2) is 18.2 Å². The summed E-state index contributed by atoms with van der Waals surface area (Å²) in [5, 5.41) is 11.6. The van der Waals surface area contributed by atoms with Crippen molar-refractivity contribution in [1.82, 2.24) is 10.2 Å². The van der Waals surface area contributed by atoms with E-state index in [-0.39, 0.29) is 22.9 Å². The number of carbonyl (C=O) groups is 2. The smallest absolute Gasteiger partial charge is 0.359 e. The first-order valence-electron chi connectivity index (χ1n) is 9.45. The van der Waals surface area contributed by atoms with Crippen molar-refractivity contribution in [2.24, 2.45) is 5.41 Å². The number of likely N-dealkylation sites (tertiary alicyclic amines) is 1. The molecular formula is C20H23F3N4O2. The van der Waals surface area contributed by atoms with Crippen LogP contribution in [-0.2, 0) is 15.8 Å². The Bertz CT molecular complexity index is 854. The van der Waals surface area contributed by atoms with Gasteiger partial charge in [-0.25, -0.2) is 0 Å². The summed E-state index contributed by atoms with van der Waals surface area (Å²) in [6.45, 7) is 3.09. The molecule has 156 valence electrons. The minimum Gasteiger partial charge on any atom is -0.359 e. The van der Waals surface area contributed by atoms with Gasteiger partial charge in [-0.15, -0.1) is 0 Å². The van der Waals surface area contributed by atoms with Gasteiger partial charge >= 0.3 is 6.18 Å². The van der Waals surface area contributed by atoms with Gasteiger partial charge in [0.15, 0.2) is 0 Å². The van der Waals surface area contributed by atoms with Crippen molar-refractivity contribution in [1.29, 1.82) is 5.26 Å².